The molecule has 1 aliphatic carbocycles. The fourth-order valence-electron chi connectivity index (χ4n) is 3.97. The molecule has 0 spiro atoms. The molecule has 1 aromatic heterocycles. The second kappa shape index (κ2) is 7.36. The fourth-order valence-corrected chi connectivity index (χ4v) is 3.97. The molecule has 1 amide bonds. The highest BCUT2D eigenvalue weighted by molar-refractivity contribution is 5.99. The van der Waals surface area contributed by atoms with Crippen LogP contribution < -0.4 is 5.32 Å². The summed E-state index contributed by atoms with van der Waals surface area (Å²) in [5, 5.41) is 4.29. The van der Waals surface area contributed by atoms with Crippen LogP contribution >= 0.6 is 0 Å². The van der Waals surface area contributed by atoms with Crippen LogP contribution in [0, 0.1) is 5.92 Å². The van der Waals surface area contributed by atoms with Crippen LogP contribution in [0.5, 0.6) is 0 Å². The molecule has 0 unspecified atom stereocenters. The van der Waals surface area contributed by atoms with E-state index in [2.05, 4.69) is 53.6 Å². The second-order valence-corrected chi connectivity index (χ2v) is 7.54. The summed E-state index contributed by atoms with van der Waals surface area (Å²) in [7, 11) is 0. The Hall–Kier alpha value is -2.55. The number of aromatic amines is 1. The van der Waals surface area contributed by atoms with Crippen molar-refractivity contribution < 1.29 is 4.79 Å². The van der Waals surface area contributed by atoms with Crippen LogP contribution in [0.4, 0.5) is 0 Å². The van der Waals surface area contributed by atoms with Crippen LogP contribution in [-0.4, -0.2) is 17.4 Å². The molecule has 1 aliphatic rings. The summed E-state index contributed by atoms with van der Waals surface area (Å²) in [6, 6.07) is 16.5. The summed E-state index contributed by atoms with van der Waals surface area (Å²) in [4.78, 5) is 16.1. The highest BCUT2D eigenvalue weighted by Crippen LogP contribution is 2.32. The zero-order valence-electron chi connectivity index (χ0n) is 15.3. The Morgan fingerprint density at radius 2 is 2.04 bits per heavy atom. The van der Waals surface area contributed by atoms with E-state index in [1.807, 2.05) is 12.1 Å². The molecule has 3 aromatic rings. The number of fused-ring (bicyclic) bond motifs is 3. The number of H-pyrrole nitrogens is 1. The fraction of sp³-hybridized carbons (Fsp3) is 0.348. The molecule has 134 valence electrons. The maximum absolute atomic E-state index is 12.5. The molecule has 0 fully saturated rings. The number of hydrogen-bond acceptors (Lipinski definition) is 1. The van der Waals surface area contributed by atoms with Crippen molar-refractivity contribution in [3.05, 3.63) is 70.9 Å². The largest absolute Gasteiger partial charge is 0.358 e. The van der Waals surface area contributed by atoms with Gasteiger partial charge in [0.05, 0.1) is 0 Å². The van der Waals surface area contributed by atoms with Crippen LogP contribution in [-0.2, 0) is 19.3 Å². The van der Waals surface area contributed by atoms with Gasteiger partial charge in [-0.05, 0) is 67.3 Å². The molecular weight excluding hydrogens is 320 g/mol. The van der Waals surface area contributed by atoms with E-state index < -0.39 is 0 Å². The molecular formula is C23H26N2O. The SMILES string of the molecule is C[C@@H]1CCc2[nH]c3ccc(C(=O)NCCCc4ccccc4)cc3c2C1. The van der Waals surface area contributed by atoms with Gasteiger partial charge >= 0.3 is 0 Å². The third-order valence-corrected chi connectivity index (χ3v) is 5.47. The lowest BCUT2D eigenvalue weighted by Gasteiger charge is -2.18. The van der Waals surface area contributed by atoms with Crippen molar-refractivity contribution >= 4 is 16.8 Å². The minimum absolute atomic E-state index is 0.0266. The lowest BCUT2D eigenvalue weighted by molar-refractivity contribution is 0.0953. The Balaban J connectivity index is 1.41. The number of carbonyl (C=O) groups excluding carboxylic acids is 1. The number of rotatable bonds is 5. The van der Waals surface area contributed by atoms with Gasteiger partial charge in [-0.25, -0.2) is 0 Å². The van der Waals surface area contributed by atoms with Gasteiger partial charge < -0.3 is 10.3 Å². The lowest BCUT2D eigenvalue weighted by atomic mass is 9.87. The summed E-state index contributed by atoms with van der Waals surface area (Å²) < 4.78 is 0. The van der Waals surface area contributed by atoms with Crippen molar-refractivity contribution in [2.45, 2.75) is 39.0 Å². The van der Waals surface area contributed by atoms with Gasteiger partial charge in [-0.3, -0.25) is 4.79 Å². The average Bonchev–Trinajstić information content (AvgIpc) is 3.03. The van der Waals surface area contributed by atoms with E-state index in [1.54, 1.807) is 0 Å². The average molecular weight is 346 g/mol. The molecule has 0 saturated carbocycles. The first kappa shape index (κ1) is 16.9. The second-order valence-electron chi connectivity index (χ2n) is 7.54. The predicted molar refractivity (Wildman–Crippen MR) is 107 cm³/mol. The van der Waals surface area contributed by atoms with Gasteiger partial charge in [0.15, 0.2) is 0 Å². The van der Waals surface area contributed by atoms with E-state index in [0.717, 1.165) is 42.7 Å². The van der Waals surface area contributed by atoms with E-state index >= 15 is 0 Å². The van der Waals surface area contributed by atoms with Gasteiger partial charge in [-0.15, -0.1) is 0 Å². The smallest absolute Gasteiger partial charge is 0.251 e. The van der Waals surface area contributed by atoms with Crippen molar-refractivity contribution in [3.63, 3.8) is 0 Å². The number of benzene rings is 2. The Kier molecular flexibility index (Phi) is 4.79. The van der Waals surface area contributed by atoms with Crippen LogP contribution in [0.3, 0.4) is 0 Å². The summed E-state index contributed by atoms with van der Waals surface area (Å²) in [6.07, 6.45) is 5.41. The zero-order chi connectivity index (χ0) is 17.9. The first-order chi connectivity index (χ1) is 12.7. The molecule has 1 heterocycles. The standard InChI is InChI=1S/C23H26N2O/c1-16-9-11-21-19(14-16)20-15-18(10-12-22(20)25-21)23(26)24-13-5-8-17-6-3-2-4-7-17/h2-4,6-7,10,12,15-16,25H,5,8-9,11,13-14H2,1H3,(H,24,26)/t16-/m1/s1. The third kappa shape index (κ3) is 3.52. The maximum atomic E-state index is 12.5. The van der Waals surface area contributed by atoms with Crippen molar-refractivity contribution in [3.8, 4) is 0 Å². The van der Waals surface area contributed by atoms with Gasteiger partial charge in [0, 0.05) is 28.7 Å². The van der Waals surface area contributed by atoms with Crippen LogP contribution in [0.1, 0.15) is 46.9 Å². The van der Waals surface area contributed by atoms with Gasteiger partial charge in [0.25, 0.3) is 5.91 Å². The normalized spacial score (nSPS) is 16.4. The minimum Gasteiger partial charge on any atom is -0.358 e. The summed E-state index contributed by atoms with van der Waals surface area (Å²) >= 11 is 0. The minimum atomic E-state index is 0.0266. The number of carbonyl (C=O) groups is 1. The van der Waals surface area contributed by atoms with E-state index in [4.69, 9.17) is 0 Å². The van der Waals surface area contributed by atoms with E-state index in [-0.39, 0.29) is 5.91 Å². The number of amides is 1. The molecule has 4 rings (SSSR count). The van der Waals surface area contributed by atoms with Crippen molar-refractivity contribution in [2.24, 2.45) is 5.92 Å². The molecule has 3 nitrogen and oxygen atoms in total. The molecule has 0 radical (unpaired) electrons. The maximum Gasteiger partial charge on any atom is 0.251 e. The first-order valence-corrected chi connectivity index (χ1v) is 9.66. The molecule has 1 atom stereocenters. The van der Waals surface area contributed by atoms with E-state index in [9.17, 15) is 4.79 Å². The molecule has 0 bridgehead atoms. The Morgan fingerprint density at radius 1 is 1.19 bits per heavy atom. The number of hydrogen-bond donors (Lipinski definition) is 2. The van der Waals surface area contributed by atoms with E-state index in [0.29, 0.717) is 6.54 Å². The summed E-state index contributed by atoms with van der Waals surface area (Å²) in [5.74, 6) is 0.746. The van der Waals surface area contributed by atoms with Crippen molar-refractivity contribution in [1.29, 1.82) is 0 Å². The number of aryl methyl sites for hydroxylation is 2. The monoisotopic (exact) mass is 346 g/mol. The highest BCUT2D eigenvalue weighted by Gasteiger charge is 2.20. The van der Waals surface area contributed by atoms with Crippen LogP contribution in [0.15, 0.2) is 48.5 Å². The Bertz CT molecular complexity index is 911. The lowest BCUT2D eigenvalue weighted by Crippen LogP contribution is -2.24. The quantitative estimate of drug-likeness (QED) is 0.649. The van der Waals surface area contributed by atoms with Crippen LogP contribution in [0.25, 0.3) is 10.9 Å². The molecule has 0 saturated heterocycles. The van der Waals surface area contributed by atoms with Crippen molar-refractivity contribution in [2.75, 3.05) is 6.54 Å². The zero-order valence-corrected chi connectivity index (χ0v) is 15.3. The predicted octanol–water partition coefficient (Wildman–Crippen LogP) is 4.66. The molecule has 26 heavy (non-hydrogen) atoms. The van der Waals surface area contributed by atoms with Crippen LogP contribution in [0.2, 0.25) is 0 Å². The van der Waals surface area contributed by atoms with Gasteiger partial charge in [-0.2, -0.15) is 0 Å². The first-order valence-electron chi connectivity index (χ1n) is 9.66. The summed E-state index contributed by atoms with van der Waals surface area (Å²) in [6.45, 7) is 3.01. The molecule has 2 N–H and O–H groups in total. The Labute approximate surface area is 154 Å². The number of aromatic nitrogens is 1. The summed E-state index contributed by atoms with van der Waals surface area (Å²) in [5.41, 5.74) is 6.01. The van der Waals surface area contributed by atoms with Crippen molar-refractivity contribution in [1.82, 2.24) is 10.3 Å². The highest BCUT2D eigenvalue weighted by atomic mass is 16.1. The van der Waals surface area contributed by atoms with Gasteiger partial charge in [-0.1, -0.05) is 37.3 Å². The topological polar surface area (TPSA) is 44.9 Å². The molecule has 2 aromatic carbocycles. The number of nitrogens with one attached hydrogen (secondary N) is 2. The third-order valence-electron chi connectivity index (χ3n) is 5.47. The molecule has 0 aliphatic heterocycles. The molecule has 3 heteroatoms. The van der Waals surface area contributed by atoms with Gasteiger partial charge in [0.1, 0.15) is 0 Å². The van der Waals surface area contributed by atoms with E-state index in [1.165, 1.54) is 28.6 Å². The van der Waals surface area contributed by atoms with Gasteiger partial charge in [0.2, 0.25) is 0 Å². The Morgan fingerprint density at radius 3 is 2.88 bits per heavy atom.